The molecule has 2 atom stereocenters. The van der Waals surface area contributed by atoms with E-state index in [2.05, 4.69) is 5.10 Å². The molecule has 0 bridgehead atoms. The first-order valence-electron chi connectivity index (χ1n) is 9.33. The third-order valence-corrected chi connectivity index (χ3v) is 5.92. The Morgan fingerprint density at radius 3 is 2.39 bits per heavy atom. The minimum absolute atomic E-state index is 0.0586. The van der Waals surface area contributed by atoms with Crippen molar-refractivity contribution in [2.75, 3.05) is 0 Å². The van der Waals surface area contributed by atoms with Crippen molar-refractivity contribution in [1.29, 1.82) is 0 Å². The first kappa shape index (κ1) is 23.7. The van der Waals surface area contributed by atoms with Crippen LogP contribution in [0.3, 0.4) is 0 Å². The molecule has 1 aliphatic carbocycles. The largest absolute Gasteiger partial charge is 0.673 e. The number of nitro benzene ring substituents is 1. The molecular weight excluding hydrogens is 513 g/mol. The lowest BCUT2D eigenvalue weighted by molar-refractivity contribution is -0.739. The third kappa shape index (κ3) is 4.93. The summed E-state index contributed by atoms with van der Waals surface area (Å²) in [6, 6.07) is 7.94. The smallest absolute Gasteiger partial charge is 0.418 e. The van der Waals surface area contributed by atoms with E-state index in [0.717, 1.165) is 11.1 Å². The number of benzene rings is 2. The van der Waals surface area contributed by atoms with E-state index < -0.39 is 7.25 Å². The zero-order chi connectivity index (χ0) is 24.1. The zero-order valence-electron chi connectivity index (χ0n) is 16.3. The van der Waals surface area contributed by atoms with Crippen LogP contribution in [0.2, 0.25) is 15.1 Å². The first-order valence-corrected chi connectivity index (χ1v) is 10.5. The van der Waals surface area contributed by atoms with E-state index in [9.17, 15) is 27.4 Å². The molecule has 3 aromatic rings. The van der Waals surface area contributed by atoms with E-state index in [1.165, 1.54) is 6.07 Å². The second kappa shape index (κ2) is 8.75. The summed E-state index contributed by atoms with van der Waals surface area (Å²) in [5.74, 6) is 0.683. The molecule has 0 fully saturated rings. The molecule has 2 aromatic carbocycles. The Morgan fingerprint density at radius 2 is 1.79 bits per heavy atom. The van der Waals surface area contributed by atoms with Crippen molar-refractivity contribution < 1.29 is 31.5 Å². The topological polar surface area (TPSA) is 74.1 Å². The van der Waals surface area contributed by atoms with Crippen LogP contribution >= 0.6 is 34.8 Å². The van der Waals surface area contributed by atoms with Crippen molar-refractivity contribution >= 4 is 47.7 Å². The molecule has 174 valence electrons. The van der Waals surface area contributed by atoms with Gasteiger partial charge in [0.2, 0.25) is 6.33 Å². The summed E-state index contributed by atoms with van der Waals surface area (Å²) in [7, 11) is -6.00. The van der Waals surface area contributed by atoms with E-state index in [0.29, 0.717) is 39.6 Å². The van der Waals surface area contributed by atoms with Crippen LogP contribution < -0.4 is 4.57 Å². The molecule has 2 heterocycles. The second-order valence-electron chi connectivity index (χ2n) is 7.24. The quantitative estimate of drug-likeness (QED) is 0.148. The fourth-order valence-electron chi connectivity index (χ4n) is 3.93. The number of nitro groups is 1. The van der Waals surface area contributed by atoms with Crippen molar-refractivity contribution in [2.45, 2.75) is 25.2 Å². The van der Waals surface area contributed by atoms with Gasteiger partial charge in [-0.05, 0) is 17.7 Å². The van der Waals surface area contributed by atoms with E-state index in [1.54, 1.807) is 35.3 Å². The second-order valence-corrected chi connectivity index (χ2v) is 8.49. The van der Waals surface area contributed by atoms with Crippen LogP contribution in [-0.2, 0) is 17.8 Å². The average molecular weight is 525 g/mol. The number of aromatic nitrogens is 3. The molecule has 0 unspecified atom stereocenters. The molecule has 15 heteroatoms. The molecule has 2 aliphatic rings. The van der Waals surface area contributed by atoms with Crippen molar-refractivity contribution in [3.8, 4) is 5.69 Å². The molecule has 0 spiro atoms. The molecule has 7 nitrogen and oxygen atoms in total. The van der Waals surface area contributed by atoms with E-state index in [4.69, 9.17) is 39.5 Å². The minimum Gasteiger partial charge on any atom is -0.418 e. The molecule has 1 aliphatic heterocycles. The maximum atomic E-state index is 11.2. The molecule has 5 rings (SSSR count). The van der Waals surface area contributed by atoms with Gasteiger partial charge in [-0.3, -0.25) is 10.1 Å². The highest BCUT2D eigenvalue weighted by Crippen LogP contribution is 2.38. The summed E-state index contributed by atoms with van der Waals surface area (Å²) in [5, 5.41) is 17.0. The predicted molar refractivity (Wildman–Crippen MR) is 112 cm³/mol. The molecule has 0 saturated carbocycles. The fraction of sp³-hybridized carbons (Fsp3) is 0.222. The van der Waals surface area contributed by atoms with Gasteiger partial charge in [-0.25, -0.2) is 4.57 Å². The Hall–Kier alpha value is -2.41. The van der Waals surface area contributed by atoms with Crippen LogP contribution in [-0.4, -0.2) is 28.1 Å². The van der Waals surface area contributed by atoms with Gasteiger partial charge in [0.25, 0.3) is 5.69 Å². The maximum absolute atomic E-state index is 11.2. The number of rotatable bonds is 2. The van der Waals surface area contributed by atoms with Gasteiger partial charge in [0.1, 0.15) is 18.8 Å². The van der Waals surface area contributed by atoms with Gasteiger partial charge in [0, 0.05) is 34.2 Å². The van der Waals surface area contributed by atoms with E-state index >= 15 is 0 Å². The minimum atomic E-state index is -6.00. The van der Waals surface area contributed by atoms with Crippen molar-refractivity contribution in [3.05, 3.63) is 78.8 Å². The van der Waals surface area contributed by atoms with Crippen LogP contribution in [0.15, 0.2) is 36.7 Å². The molecule has 0 amide bonds. The van der Waals surface area contributed by atoms with Gasteiger partial charge in [-0.15, -0.1) is 0 Å². The summed E-state index contributed by atoms with van der Waals surface area (Å²) in [5.41, 5.74) is 2.49. The Kier molecular flexibility index (Phi) is 6.29. The standard InChI is InChI=1S/C18H12Cl3N4O3.BF4/c19-10-4-13(20)18(14(21)5-10)24-8-23-16(22-24)7-28-15-3-9-1-2-11(25(26)27)6-12(9)17(15)23;2-1(3,4)5/h1-2,4-6,8,15,17H,3,7H2;/q+1;-1/t15-,17+;/m1./s1. The summed E-state index contributed by atoms with van der Waals surface area (Å²) in [4.78, 5) is 10.8. The first-order chi connectivity index (χ1) is 15.4. The average Bonchev–Trinajstić information content (AvgIpc) is 3.25. The Bertz CT molecular complexity index is 1230. The van der Waals surface area contributed by atoms with E-state index in [1.807, 2.05) is 4.57 Å². The van der Waals surface area contributed by atoms with Crippen molar-refractivity contribution in [3.63, 3.8) is 0 Å². The van der Waals surface area contributed by atoms with Gasteiger partial charge in [-0.1, -0.05) is 45.6 Å². The van der Waals surface area contributed by atoms with Crippen molar-refractivity contribution in [2.24, 2.45) is 0 Å². The van der Waals surface area contributed by atoms with Crippen LogP contribution in [0.4, 0.5) is 23.0 Å². The summed E-state index contributed by atoms with van der Waals surface area (Å²) >= 11 is 18.7. The lowest BCUT2D eigenvalue weighted by atomic mass is 10.1. The number of fused-ring (bicyclic) bond motifs is 5. The number of halogens is 7. The Morgan fingerprint density at radius 1 is 1.15 bits per heavy atom. The summed E-state index contributed by atoms with van der Waals surface area (Å²) in [6.45, 7) is 0.326. The number of non-ortho nitro benzene ring substituents is 1. The van der Waals surface area contributed by atoms with Crippen LogP contribution in [0, 0.1) is 10.1 Å². The number of ether oxygens (including phenoxy) is 1. The maximum Gasteiger partial charge on any atom is 0.673 e. The Balaban J connectivity index is 0.000000471. The number of nitrogens with zero attached hydrogens (tertiary/aromatic N) is 4. The highest BCUT2D eigenvalue weighted by molar-refractivity contribution is 6.50. The van der Waals surface area contributed by atoms with Gasteiger partial charge in [0.15, 0.2) is 5.69 Å². The Labute approximate surface area is 198 Å². The predicted octanol–water partition coefficient (Wildman–Crippen LogP) is 5.37. The van der Waals surface area contributed by atoms with Gasteiger partial charge in [-0.2, -0.15) is 0 Å². The lowest BCUT2D eigenvalue weighted by Gasteiger charge is -2.23. The van der Waals surface area contributed by atoms with Gasteiger partial charge < -0.3 is 22.0 Å². The normalized spacial score (nSPS) is 18.6. The van der Waals surface area contributed by atoms with Gasteiger partial charge in [0.05, 0.1) is 15.0 Å². The zero-order valence-corrected chi connectivity index (χ0v) is 18.5. The van der Waals surface area contributed by atoms with Crippen molar-refractivity contribution in [1.82, 2.24) is 9.78 Å². The van der Waals surface area contributed by atoms with Crippen LogP contribution in [0.1, 0.15) is 23.0 Å². The van der Waals surface area contributed by atoms with Crippen LogP contribution in [0.5, 0.6) is 0 Å². The molecule has 0 radical (unpaired) electrons. The van der Waals surface area contributed by atoms with Gasteiger partial charge >= 0.3 is 13.1 Å². The highest BCUT2D eigenvalue weighted by Gasteiger charge is 2.44. The molecule has 33 heavy (non-hydrogen) atoms. The van der Waals surface area contributed by atoms with E-state index in [-0.39, 0.29) is 22.8 Å². The molecule has 0 N–H and O–H groups in total. The summed E-state index contributed by atoms with van der Waals surface area (Å²) in [6.07, 6.45) is 2.38. The molecule has 0 saturated heterocycles. The number of hydrogen-bond donors (Lipinski definition) is 0. The lowest BCUT2D eigenvalue weighted by Crippen LogP contribution is -2.51. The number of hydrogen-bond acceptors (Lipinski definition) is 4. The van der Waals surface area contributed by atoms with Crippen LogP contribution in [0.25, 0.3) is 5.69 Å². The molecular formula is C18H12BCl3F4N4O3. The fourth-order valence-corrected chi connectivity index (χ4v) is 4.92. The highest BCUT2D eigenvalue weighted by atomic mass is 35.5. The molecule has 1 aromatic heterocycles. The summed E-state index contributed by atoms with van der Waals surface area (Å²) < 4.78 is 48.6. The monoisotopic (exact) mass is 524 g/mol. The SMILES string of the molecule is F[B-](F)(F)F.O=[N+]([O-])c1ccc2c(c1)[C@H]1[C@@H](C2)OCc2nn(-c3c(Cl)cc(Cl)cc3Cl)c[n+]21. The third-order valence-electron chi connectivity index (χ3n) is 5.12.